The van der Waals surface area contributed by atoms with Gasteiger partial charge in [0.25, 0.3) is 0 Å². The van der Waals surface area contributed by atoms with Gasteiger partial charge in [0.05, 0.1) is 6.20 Å². The Morgan fingerprint density at radius 2 is 2.24 bits per heavy atom. The molecule has 2 aromatic rings. The zero-order chi connectivity index (χ0) is 12.6. The van der Waals surface area contributed by atoms with E-state index in [1.54, 1.807) is 36.8 Å². The number of amides is 1. The van der Waals surface area contributed by atoms with Gasteiger partial charge < -0.3 is 21.2 Å². The van der Waals surface area contributed by atoms with Crippen LogP contribution < -0.4 is 16.8 Å². The van der Waals surface area contributed by atoms with Crippen LogP contribution in [-0.2, 0) is 4.79 Å². The van der Waals surface area contributed by atoms with E-state index in [1.807, 2.05) is 0 Å². The third-order valence-corrected chi connectivity index (χ3v) is 2.44. The predicted molar refractivity (Wildman–Crippen MR) is 64.3 cm³/mol. The van der Waals surface area contributed by atoms with Crippen LogP contribution in [0.4, 0.5) is 11.6 Å². The second-order valence-corrected chi connectivity index (χ2v) is 4.29. The van der Waals surface area contributed by atoms with Crippen molar-refractivity contribution in [3.05, 3.63) is 18.6 Å². The highest BCUT2D eigenvalue weighted by molar-refractivity contribution is 5.87. The standard InChI is InChI=1S/C10H14N6O/c1-10(2,9(12)17)15-7-8-13-3-4-16(8)5-6(11)14-7/h3-5H,11H2,1-2H3,(H2,12,17)(H,14,15). The number of nitrogens with two attached hydrogens (primary N) is 2. The van der Waals surface area contributed by atoms with Crippen molar-refractivity contribution in [2.45, 2.75) is 19.4 Å². The van der Waals surface area contributed by atoms with E-state index in [-0.39, 0.29) is 0 Å². The van der Waals surface area contributed by atoms with Gasteiger partial charge in [-0.05, 0) is 13.8 Å². The largest absolute Gasteiger partial charge is 0.382 e. The van der Waals surface area contributed by atoms with Gasteiger partial charge in [-0.15, -0.1) is 0 Å². The number of primary amides is 1. The van der Waals surface area contributed by atoms with Gasteiger partial charge in [0.2, 0.25) is 5.91 Å². The Kier molecular flexibility index (Phi) is 2.38. The molecule has 0 radical (unpaired) electrons. The summed E-state index contributed by atoms with van der Waals surface area (Å²) in [5.74, 6) is 0.281. The molecule has 0 unspecified atom stereocenters. The number of hydrogen-bond acceptors (Lipinski definition) is 5. The minimum Gasteiger partial charge on any atom is -0.382 e. The first-order chi connectivity index (χ1) is 7.90. The molecule has 1 amide bonds. The molecule has 5 N–H and O–H groups in total. The van der Waals surface area contributed by atoms with Crippen LogP contribution in [-0.4, -0.2) is 25.8 Å². The van der Waals surface area contributed by atoms with Gasteiger partial charge in [-0.25, -0.2) is 9.97 Å². The lowest BCUT2D eigenvalue weighted by Gasteiger charge is -2.23. The van der Waals surface area contributed by atoms with Gasteiger partial charge in [-0.3, -0.25) is 4.79 Å². The molecular formula is C10H14N6O. The highest BCUT2D eigenvalue weighted by Gasteiger charge is 2.26. The van der Waals surface area contributed by atoms with Crippen molar-refractivity contribution in [3.8, 4) is 0 Å². The molecule has 0 spiro atoms. The molecule has 90 valence electrons. The van der Waals surface area contributed by atoms with Gasteiger partial charge in [-0.2, -0.15) is 0 Å². The van der Waals surface area contributed by atoms with Gasteiger partial charge in [0.15, 0.2) is 11.5 Å². The van der Waals surface area contributed by atoms with Gasteiger partial charge in [-0.1, -0.05) is 0 Å². The normalized spacial score (nSPS) is 11.6. The fraction of sp³-hybridized carbons (Fsp3) is 0.300. The molecule has 2 aromatic heterocycles. The van der Waals surface area contributed by atoms with Gasteiger partial charge in [0, 0.05) is 12.4 Å². The van der Waals surface area contributed by atoms with Crippen LogP contribution in [0.1, 0.15) is 13.8 Å². The topological polar surface area (TPSA) is 111 Å². The van der Waals surface area contributed by atoms with E-state index in [0.717, 1.165) is 0 Å². The lowest BCUT2D eigenvalue weighted by molar-refractivity contribution is -0.121. The van der Waals surface area contributed by atoms with E-state index in [9.17, 15) is 4.79 Å². The summed E-state index contributed by atoms with van der Waals surface area (Å²) in [7, 11) is 0. The molecule has 0 atom stereocenters. The average Bonchev–Trinajstić information content (AvgIpc) is 2.64. The van der Waals surface area contributed by atoms with Crippen molar-refractivity contribution in [3.63, 3.8) is 0 Å². The molecular weight excluding hydrogens is 220 g/mol. The summed E-state index contributed by atoms with van der Waals surface area (Å²) in [5, 5.41) is 2.94. The Labute approximate surface area is 97.8 Å². The second-order valence-electron chi connectivity index (χ2n) is 4.29. The number of carbonyl (C=O) groups is 1. The Hall–Kier alpha value is -2.31. The quantitative estimate of drug-likeness (QED) is 0.691. The molecule has 7 nitrogen and oxygen atoms in total. The SMILES string of the molecule is CC(C)(Nc1nc(N)cn2ccnc12)C(N)=O. The molecule has 2 rings (SSSR count). The maximum Gasteiger partial charge on any atom is 0.242 e. The minimum atomic E-state index is -0.923. The zero-order valence-electron chi connectivity index (χ0n) is 9.64. The molecule has 0 aliphatic rings. The van der Waals surface area contributed by atoms with Crippen LogP contribution in [0.5, 0.6) is 0 Å². The van der Waals surface area contributed by atoms with Gasteiger partial charge in [0.1, 0.15) is 11.4 Å². The number of aromatic nitrogens is 3. The smallest absolute Gasteiger partial charge is 0.242 e. The fourth-order valence-corrected chi connectivity index (χ4v) is 1.39. The molecule has 0 saturated heterocycles. The number of imidazole rings is 1. The third kappa shape index (κ3) is 1.99. The summed E-state index contributed by atoms with van der Waals surface area (Å²) >= 11 is 0. The number of hydrogen-bond donors (Lipinski definition) is 3. The first-order valence-corrected chi connectivity index (χ1v) is 5.07. The van der Waals surface area contributed by atoms with E-state index in [2.05, 4.69) is 15.3 Å². The molecule has 0 bridgehead atoms. The number of rotatable bonds is 3. The summed E-state index contributed by atoms with van der Waals surface area (Å²) in [4.78, 5) is 19.5. The molecule has 17 heavy (non-hydrogen) atoms. The highest BCUT2D eigenvalue weighted by Crippen LogP contribution is 2.18. The highest BCUT2D eigenvalue weighted by atomic mass is 16.1. The van der Waals surface area contributed by atoms with E-state index in [1.165, 1.54) is 0 Å². The zero-order valence-corrected chi connectivity index (χ0v) is 9.64. The summed E-state index contributed by atoms with van der Waals surface area (Å²) in [5.41, 5.74) is 10.6. The number of fused-ring (bicyclic) bond motifs is 1. The number of nitrogens with zero attached hydrogens (tertiary/aromatic N) is 3. The van der Waals surface area contributed by atoms with Crippen LogP contribution in [0.25, 0.3) is 5.65 Å². The number of carbonyl (C=O) groups excluding carboxylic acids is 1. The third-order valence-electron chi connectivity index (χ3n) is 2.44. The minimum absolute atomic E-state index is 0.332. The predicted octanol–water partition coefficient (Wildman–Crippen LogP) is -0.0127. The van der Waals surface area contributed by atoms with E-state index in [4.69, 9.17) is 11.5 Å². The van der Waals surface area contributed by atoms with E-state index in [0.29, 0.717) is 17.3 Å². The Morgan fingerprint density at radius 1 is 1.53 bits per heavy atom. The van der Waals surface area contributed by atoms with Crippen molar-refractivity contribution in [1.82, 2.24) is 14.4 Å². The molecule has 0 fully saturated rings. The molecule has 0 aromatic carbocycles. The van der Waals surface area contributed by atoms with Crippen LogP contribution in [0.3, 0.4) is 0 Å². The van der Waals surface area contributed by atoms with Crippen LogP contribution in [0, 0.1) is 0 Å². The monoisotopic (exact) mass is 234 g/mol. The number of nitrogens with one attached hydrogen (secondary N) is 1. The van der Waals surface area contributed by atoms with Crippen molar-refractivity contribution >= 4 is 23.2 Å². The Morgan fingerprint density at radius 3 is 2.88 bits per heavy atom. The summed E-state index contributed by atoms with van der Waals surface area (Å²) in [6.07, 6.45) is 5.01. The number of anilines is 2. The van der Waals surface area contributed by atoms with Crippen molar-refractivity contribution in [2.75, 3.05) is 11.1 Å². The Balaban J connectivity index is 2.48. The molecule has 7 heteroatoms. The fourth-order valence-electron chi connectivity index (χ4n) is 1.39. The van der Waals surface area contributed by atoms with E-state index >= 15 is 0 Å². The maximum atomic E-state index is 11.3. The lowest BCUT2D eigenvalue weighted by atomic mass is 10.1. The summed E-state index contributed by atoms with van der Waals surface area (Å²) < 4.78 is 1.72. The molecule has 2 heterocycles. The van der Waals surface area contributed by atoms with Crippen LogP contribution >= 0.6 is 0 Å². The van der Waals surface area contributed by atoms with Crippen molar-refractivity contribution in [2.24, 2.45) is 5.73 Å². The summed E-state index contributed by atoms with van der Waals surface area (Å²) in [6.45, 7) is 3.33. The van der Waals surface area contributed by atoms with Crippen molar-refractivity contribution in [1.29, 1.82) is 0 Å². The van der Waals surface area contributed by atoms with Crippen molar-refractivity contribution < 1.29 is 4.79 Å². The second kappa shape index (κ2) is 3.62. The van der Waals surface area contributed by atoms with Gasteiger partial charge >= 0.3 is 0 Å². The molecule has 0 saturated carbocycles. The van der Waals surface area contributed by atoms with Crippen LogP contribution in [0.2, 0.25) is 0 Å². The lowest BCUT2D eigenvalue weighted by Crippen LogP contribution is -2.45. The summed E-state index contributed by atoms with van der Waals surface area (Å²) in [6, 6.07) is 0. The average molecular weight is 234 g/mol. The maximum absolute atomic E-state index is 11.3. The molecule has 0 aliphatic carbocycles. The number of nitrogen functional groups attached to an aromatic ring is 1. The Bertz CT molecular complexity index is 573. The molecule has 0 aliphatic heterocycles. The first-order valence-electron chi connectivity index (χ1n) is 5.07. The first kappa shape index (κ1) is 11.2. The van der Waals surface area contributed by atoms with Crippen LogP contribution in [0.15, 0.2) is 18.6 Å². The van der Waals surface area contributed by atoms with E-state index < -0.39 is 11.4 Å².